The number of benzene rings is 3. The third kappa shape index (κ3) is 8.28. The lowest BCUT2D eigenvalue weighted by atomic mass is 10.1. The molecular formula is C29H26O8. The van der Waals surface area contributed by atoms with E-state index in [4.69, 9.17) is 24.1 Å². The highest BCUT2D eigenvalue weighted by molar-refractivity contribution is 5.96. The van der Waals surface area contributed by atoms with Gasteiger partial charge in [0, 0.05) is 11.6 Å². The lowest BCUT2D eigenvalue weighted by Gasteiger charge is -2.09. The van der Waals surface area contributed by atoms with Crippen LogP contribution in [0.2, 0.25) is 0 Å². The predicted molar refractivity (Wildman–Crippen MR) is 137 cm³/mol. The van der Waals surface area contributed by atoms with Crippen molar-refractivity contribution in [2.75, 3.05) is 26.4 Å². The molecule has 3 aromatic carbocycles. The molecule has 3 aromatic rings. The summed E-state index contributed by atoms with van der Waals surface area (Å²) < 4.78 is 21.2. The Kier molecular flexibility index (Phi) is 9.90. The summed E-state index contributed by atoms with van der Waals surface area (Å²) in [6.07, 6.45) is 1.10. The Balaban J connectivity index is 1.46. The van der Waals surface area contributed by atoms with E-state index in [2.05, 4.69) is 13.2 Å². The summed E-state index contributed by atoms with van der Waals surface area (Å²) in [4.78, 5) is 35.2. The van der Waals surface area contributed by atoms with E-state index >= 15 is 0 Å². The summed E-state index contributed by atoms with van der Waals surface area (Å²) in [5.41, 5.74) is 2.25. The van der Waals surface area contributed by atoms with Gasteiger partial charge in [-0.2, -0.15) is 0 Å². The number of ketones is 1. The Labute approximate surface area is 214 Å². The first-order valence-corrected chi connectivity index (χ1v) is 11.3. The van der Waals surface area contributed by atoms with Gasteiger partial charge in [0.1, 0.15) is 30.5 Å². The molecule has 0 radical (unpaired) electrons. The average molecular weight is 503 g/mol. The van der Waals surface area contributed by atoms with E-state index in [0.717, 1.165) is 17.2 Å². The van der Waals surface area contributed by atoms with Gasteiger partial charge in [-0.3, -0.25) is 4.79 Å². The second-order valence-corrected chi connectivity index (χ2v) is 7.67. The number of aliphatic hydroxyl groups is 1. The molecule has 0 aromatic heterocycles. The Morgan fingerprint density at radius 3 is 1.84 bits per heavy atom. The SMILES string of the molecule is C=CC(=O)Oc1ccc(-c2ccc(OC(=O)c3ccc(OCCOCC(=O)C(=C)CO)cc3)cc2)cc1. The van der Waals surface area contributed by atoms with Gasteiger partial charge in [0.25, 0.3) is 0 Å². The molecule has 0 bridgehead atoms. The van der Waals surface area contributed by atoms with Crippen LogP contribution in [0.1, 0.15) is 10.4 Å². The monoisotopic (exact) mass is 502 g/mol. The first-order chi connectivity index (χ1) is 17.9. The van der Waals surface area contributed by atoms with Crippen molar-refractivity contribution in [2.45, 2.75) is 0 Å². The number of carbonyl (C=O) groups excluding carboxylic acids is 3. The lowest BCUT2D eigenvalue weighted by Crippen LogP contribution is -2.16. The Morgan fingerprint density at radius 2 is 1.30 bits per heavy atom. The smallest absolute Gasteiger partial charge is 0.343 e. The molecule has 0 aliphatic carbocycles. The topological polar surface area (TPSA) is 108 Å². The summed E-state index contributed by atoms with van der Waals surface area (Å²) in [5, 5.41) is 8.84. The van der Waals surface area contributed by atoms with Crippen LogP contribution in [0.5, 0.6) is 17.2 Å². The fourth-order valence-electron chi connectivity index (χ4n) is 3.02. The van der Waals surface area contributed by atoms with Gasteiger partial charge in [0.2, 0.25) is 0 Å². The van der Waals surface area contributed by atoms with E-state index in [9.17, 15) is 14.4 Å². The van der Waals surface area contributed by atoms with E-state index in [1.54, 1.807) is 48.5 Å². The lowest BCUT2D eigenvalue weighted by molar-refractivity contribution is -0.129. The van der Waals surface area contributed by atoms with Gasteiger partial charge in [-0.15, -0.1) is 0 Å². The molecule has 0 saturated heterocycles. The molecular weight excluding hydrogens is 476 g/mol. The second-order valence-electron chi connectivity index (χ2n) is 7.67. The molecule has 1 N–H and O–H groups in total. The van der Waals surface area contributed by atoms with Gasteiger partial charge in [0.05, 0.1) is 18.8 Å². The first kappa shape index (κ1) is 27.1. The van der Waals surface area contributed by atoms with Crippen molar-refractivity contribution in [3.8, 4) is 28.4 Å². The van der Waals surface area contributed by atoms with Crippen LogP contribution in [0.25, 0.3) is 11.1 Å². The van der Waals surface area contributed by atoms with Gasteiger partial charge in [-0.25, -0.2) is 9.59 Å². The minimum Gasteiger partial charge on any atom is -0.491 e. The molecule has 0 aliphatic rings. The molecule has 37 heavy (non-hydrogen) atoms. The number of rotatable bonds is 13. The highest BCUT2D eigenvalue weighted by Gasteiger charge is 2.10. The standard InChI is InChI=1S/C29H26O8/c1-3-28(32)36-25-12-4-21(5-13-25)22-6-14-26(15-7-22)37-29(33)23-8-10-24(11-9-23)35-17-16-34-19-27(31)20(2)18-30/h3-15,30H,1-2,16-19H2. The number of Topliss-reactive ketones (excluding diaryl/α,β-unsaturated/α-hetero) is 1. The van der Waals surface area contributed by atoms with E-state index in [1.165, 1.54) is 0 Å². The van der Waals surface area contributed by atoms with Crippen molar-refractivity contribution >= 4 is 17.7 Å². The maximum atomic E-state index is 12.5. The maximum absolute atomic E-state index is 12.5. The summed E-state index contributed by atoms with van der Waals surface area (Å²) in [7, 11) is 0. The van der Waals surface area contributed by atoms with Crippen molar-refractivity contribution in [3.05, 3.63) is 103 Å². The number of esters is 2. The fourth-order valence-corrected chi connectivity index (χ4v) is 3.02. The Morgan fingerprint density at radius 1 is 0.757 bits per heavy atom. The van der Waals surface area contributed by atoms with Crippen molar-refractivity contribution in [3.63, 3.8) is 0 Å². The zero-order chi connectivity index (χ0) is 26.6. The number of hydrogen-bond acceptors (Lipinski definition) is 8. The largest absolute Gasteiger partial charge is 0.491 e. The number of ether oxygens (including phenoxy) is 4. The maximum Gasteiger partial charge on any atom is 0.343 e. The second kappa shape index (κ2) is 13.5. The highest BCUT2D eigenvalue weighted by atomic mass is 16.5. The molecule has 3 rings (SSSR count). The van der Waals surface area contributed by atoms with Crippen LogP contribution in [0.4, 0.5) is 0 Å². The average Bonchev–Trinajstić information content (AvgIpc) is 2.93. The third-order valence-corrected chi connectivity index (χ3v) is 5.04. The minimum absolute atomic E-state index is 0.0966. The first-order valence-electron chi connectivity index (χ1n) is 11.3. The van der Waals surface area contributed by atoms with Crippen LogP contribution in [0.3, 0.4) is 0 Å². The molecule has 8 nitrogen and oxygen atoms in total. The summed E-state index contributed by atoms with van der Waals surface area (Å²) in [6, 6.07) is 20.5. The number of carbonyl (C=O) groups is 3. The molecule has 0 aliphatic heterocycles. The van der Waals surface area contributed by atoms with Gasteiger partial charge < -0.3 is 24.1 Å². The zero-order valence-corrected chi connectivity index (χ0v) is 20.1. The molecule has 0 unspecified atom stereocenters. The van der Waals surface area contributed by atoms with E-state index in [1.807, 2.05) is 24.3 Å². The predicted octanol–water partition coefficient (Wildman–Crippen LogP) is 4.18. The summed E-state index contributed by atoms with van der Waals surface area (Å²) >= 11 is 0. The summed E-state index contributed by atoms with van der Waals surface area (Å²) in [6.45, 7) is 6.61. The van der Waals surface area contributed by atoms with Crippen LogP contribution < -0.4 is 14.2 Å². The molecule has 0 saturated carbocycles. The third-order valence-electron chi connectivity index (χ3n) is 5.04. The normalized spacial score (nSPS) is 10.3. The van der Waals surface area contributed by atoms with E-state index in [0.29, 0.717) is 22.8 Å². The van der Waals surface area contributed by atoms with Crippen molar-refractivity contribution in [1.82, 2.24) is 0 Å². The summed E-state index contributed by atoms with van der Waals surface area (Å²) in [5.74, 6) is -0.0627. The quantitative estimate of drug-likeness (QED) is 0.161. The van der Waals surface area contributed by atoms with Crippen LogP contribution in [0.15, 0.2) is 97.6 Å². The van der Waals surface area contributed by atoms with Gasteiger partial charge >= 0.3 is 11.9 Å². The van der Waals surface area contributed by atoms with Crippen LogP contribution in [-0.2, 0) is 14.3 Å². The molecule has 0 fully saturated rings. The minimum atomic E-state index is -0.525. The van der Waals surface area contributed by atoms with Crippen molar-refractivity contribution < 1.29 is 38.4 Å². The zero-order valence-electron chi connectivity index (χ0n) is 20.1. The van der Waals surface area contributed by atoms with Gasteiger partial charge in [0.15, 0.2) is 5.78 Å². The van der Waals surface area contributed by atoms with Gasteiger partial charge in [-0.1, -0.05) is 37.4 Å². The highest BCUT2D eigenvalue weighted by Crippen LogP contribution is 2.25. The number of hydrogen-bond donors (Lipinski definition) is 1. The molecule has 8 heteroatoms. The van der Waals surface area contributed by atoms with Gasteiger partial charge in [-0.05, 0) is 59.7 Å². The van der Waals surface area contributed by atoms with E-state index < -0.39 is 18.5 Å². The molecule has 0 amide bonds. The molecule has 190 valence electrons. The van der Waals surface area contributed by atoms with Crippen LogP contribution in [0, 0.1) is 0 Å². The van der Waals surface area contributed by atoms with E-state index in [-0.39, 0.29) is 31.2 Å². The number of aliphatic hydroxyl groups excluding tert-OH is 1. The van der Waals surface area contributed by atoms with Crippen LogP contribution >= 0.6 is 0 Å². The molecule has 0 atom stereocenters. The molecule has 0 spiro atoms. The fraction of sp³-hybridized carbons (Fsp3) is 0.138. The Bertz CT molecular complexity index is 1240. The Hall–Kier alpha value is -4.53. The molecule has 0 heterocycles. The van der Waals surface area contributed by atoms with Crippen molar-refractivity contribution in [1.29, 1.82) is 0 Å². The van der Waals surface area contributed by atoms with Crippen molar-refractivity contribution in [2.24, 2.45) is 0 Å². The van der Waals surface area contributed by atoms with Crippen LogP contribution in [-0.4, -0.2) is 49.3 Å².